The highest BCUT2D eigenvalue weighted by Crippen LogP contribution is 2.24. The number of carbonyl (C=O) groups excluding carboxylic acids is 3. The maximum absolute atomic E-state index is 14.3. The summed E-state index contributed by atoms with van der Waals surface area (Å²) in [6.45, 7) is -0.815. The highest BCUT2D eigenvalue weighted by Gasteiger charge is 2.29. The van der Waals surface area contributed by atoms with Crippen LogP contribution < -0.4 is 9.62 Å². The van der Waals surface area contributed by atoms with Gasteiger partial charge in [0, 0.05) is 14.1 Å². The smallest absolute Gasteiger partial charge is 0.339 e. The molecule has 2 aromatic rings. The van der Waals surface area contributed by atoms with E-state index in [0.29, 0.717) is 4.31 Å². The summed E-state index contributed by atoms with van der Waals surface area (Å²) in [6, 6.07) is 8.80. The fraction of sp³-hybridized carbons (Fsp3) is 0.250. The van der Waals surface area contributed by atoms with Crippen molar-refractivity contribution in [1.82, 2.24) is 4.31 Å². The van der Waals surface area contributed by atoms with E-state index in [-0.39, 0.29) is 22.5 Å². The van der Waals surface area contributed by atoms with E-state index in [4.69, 9.17) is 0 Å². The van der Waals surface area contributed by atoms with Crippen molar-refractivity contribution in [2.24, 2.45) is 0 Å². The number of para-hydroxylation sites is 1. The topological polar surface area (TPSA) is 122 Å². The maximum atomic E-state index is 14.3. The van der Waals surface area contributed by atoms with Crippen LogP contribution in [0, 0.1) is 5.82 Å². The fourth-order valence-electron chi connectivity index (χ4n) is 2.64. The van der Waals surface area contributed by atoms with Gasteiger partial charge in [-0.05, 0) is 30.3 Å². The quantitative estimate of drug-likeness (QED) is 0.586. The number of nitrogens with zero attached hydrogens (tertiary/aromatic N) is 2. The predicted octanol–water partition coefficient (Wildman–Crippen LogP) is 1.65. The summed E-state index contributed by atoms with van der Waals surface area (Å²) in [7, 11) is 0.497. The Bertz CT molecular complexity index is 1140. The van der Waals surface area contributed by atoms with E-state index in [1.807, 2.05) is 0 Å². The summed E-state index contributed by atoms with van der Waals surface area (Å²) >= 11 is 0. The first-order valence-corrected chi connectivity index (χ1v) is 10.5. The second kappa shape index (κ2) is 10.2. The number of anilines is 2. The molecule has 0 unspecified atom stereocenters. The molecule has 0 aliphatic heterocycles. The zero-order valence-electron chi connectivity index (χ0n) is 17.8. The SMILES string of the molecule is COC(=O)c1ccc(C(=O)OC)c(NC(=O)CN(c2ccccc2F)S(=O)(=O)N(C)C)c1. The summed E-state index contributed by atoms with van der Waals surface area (Å²) in [5.74, 6) is -3.27. The van der Waals surface area contributed by atoms with E-state index >= 15 is 0 Å². The van der Waals surface area contributed by atoms with Gasteiger partial charge in [0.1, 0.15) is 12.4 Å². The van der Waals surface area contributed by atoms with Gasteiger partial charge in [-0.15, -0.1) is 0 Å². The van der Waals surface area contributed by atoms with Crippen LogP contribution in [0.2, 0.25) is 0 Å². The van der Waals surface area contributed by atoms with Gasteiger partial charge >= 0.3 is 22.1 Å². The number of halogens is 1. The summed E-state index contributed by atoms with van der Waals surface area (Å²) in [6.07, 6.45) is 0. The van der Waals surface area contributed by atoms with E-state index in [1.165, 1.54) is 50.5 Å². The van der Waals surface area contributed by atoms with Crippen molar-refractivity contribution < 1.29 is 36.7 Å². The lowest BCUT2D eigenvalue weighted by Crippen LogP contribution is -2.44. The Morgan fingerprint density at radius 3 is 2.19 bits per heavy atom. The molecule has 1 amide bonds. The van der Waals surface area contributed by atoms with Crippen molar-refractivity contribution in [1.29, 1.82) is 0 Å². The van der Waals surface area contributed by atoms with Gasteiger partial charge in [0.05, 0.1) is 36.7 Å². The minimum Gasteiger partial charge on any atom is -0.465 e. The zero-order chi connectivity index (χ0) is 24.1. The molecule has 0 heterocycles. The number of hydrogen-bond donors (Lipinski definition) is 1. The number of rotatable bonds is 8. The Morgan fingerprint density at radius 1 is 1.00 bits per heavy atom. The molecule has 0 saturated carbocycles. The maximum Gasteiger partial charge on any atom is 0.339 e. The molecule has 0 radical (unpaired) electrons. The third-order valence-electron chi connectivity index (χ3n) is 4.27. The number of esters is 2. The number of amides is 1. The molecular formula is C20H22FN3O7S. The molecule has 0 aromatic heterocycles. The Balaban J connectivity index is 2.44. The van der Waals surface area contributed by atoms with E-state index in [1.54, 1.807) is 0 Å². The van der Waals surface area contributed by atoms with Crippen molar-refractivity contribution in [3.63, 3.8) is 0 Å². The molecule has 0 atom stereocenters. The van der Waals surface area contributed by atoms with Crippen molar-refractivity contribution in [3.05, 3.63) is 59.4 Å². The van der Waals surface area contributed by atoms with Gasteiger partial charge in [0.2, 0.25) is 5.91 Å². The van der Waals surface area contributed by atoms with Crippen molar-refractivity contribution in [2.45, 2.75) is 0 Å². The Morgan fingerprint density at radius 2 is 1.62 bits per heavy atom. The summed E-state index contributed by atoms with van der Waals surface area (Å²) in [5.41, 5.74) is -0.503. The summed E-state index contributed by atoms with van der Waals surface area (Å²) < 4.78 is 50.5. The predicted molar refractivity (Wildman–Crippen MR) is 114 cm³/mol. The third kappa shape index (κ3) is 5.39. The van der Waals surface area contributed by atoms with Crippen LogP contribution in [0.1, 0.15) is 20.7 Å². The molecule has 0 bridgehead atoms. The van der Waals surface area contributed by atoms with Crippen molar-refractivity contribution in [2.75, 3.05) is 44.5 Å². The minimum absolute atomic E-state index is 0.0299. The van der Waals surface area contributed by atoms with E-state index in [9.17, 15) is 27.2 Å². The number of methoxy groups -OCH3 is 2. The van der Waals surface area contributed by atoms with Crippen LogP contribution in [0.3, 0.4) is 0 Å². The van der Waals surface area contributed by atoms with Gasteiger partial charge in [0.15, 0.2) is 0 Å². The molecule has 0 aliphatic rings. The standard InChI is InChI=1S/C20H22FN3O7S/c1-23(2)32(28,29)24(17-8-6-5-7-15(17)21)12-18(25)22-16-11-13(19(26)30-3)9-10-14(16)20(27)31-4/h5-11H,12H2,1-4H3,(H,22,25). The van der Waals surface area contributed by atoms with Crippen LogP contribution in [0.5, 0.6) is 0 Å². The molecule has 0 saturated heterocycles. The third-order valence-corrected chi connectivity index (χ3v) is 6.07. The fourth-order valence-corrected chi connectivity index (χ4v) is 3.71. The second-order valence-corrected chi connectivity index (χ2v) is 8.61. The molecule has 0 aliphatic carbocycles. The van der Waals surface area contributed by atoms with Gasteiger partial charge in [-0.3, -0.25) is 4.79 Å². The molecule has 12 heteroatoms. The van der Waals surface area contributed by atoms with Gasteiger partial charge < -0.3 is 14.8 Å². The van der Waals surface area contributed by atoms with Crippen LogP contribution in [0.25, 0.3) is 0 Å². The molecule has 32 heavy (non-hydrogen) atoms. The van der Waals surface area contributed by atoms with Crippen molar-refractivity contribution >= 4 is 39.4 Å². The summed E-state index contributed by atoms with van der Waals surface area (Å²) in [5, 5.41) is 2.38. The molecule has 0 fully saturated rings. The molecule has 1 N–H and O–H groups in total. The lowest BCUT2D eigenvalue weighted by Gasteiger charge is -2.27. The van der Waals surface area contributed by atoms with Gasteiger partial charge in [-0.1, -0.05) is 12.1 Å². The number of nitrogens with one attached hydrogen (secondary N) is 1. The molecule has 0 spiro atoms. The van der Waals surface area contributed by atoms with Crippen LogP contribution in [0.4, 0.5) is 15.8 Å². The molecule has 172 valence electrons. The molecule has 2 rings (SSSR count). The van der Waals surface area contributed by atoms with Crippen molar-refractivity contribution in [3.8, 4) is 0 Å². The molecule has 10 nitrogen and oxygen atoms in total. The Kier molecular flexibility index (Phi) is 7.89. The Labute approximate surface area is 184 Å². The number of benzene rings is 2. The summed E-state index contributed by atoms with van der Waals surface area (Å²) in [4.78, 5) is 36.6. The van der Waals surface area contributed by atoms with Crippen LogP contribution >= 0.6 is 0 Å². The average molecular weight is 467 g/mol. The number of carbonyl (C=O) groups is 3. The second-order valence-electron chi connectivity index (χ2n) is 6.54. The first kappa shape index (κ1) is 24.8. The largest absolute Gasteiger partial charge is 0.465 e. The van der Waals surface area contributed by atoms with E-state index < -0.39 is 40.4 Å². The van der Waals surface area contributed by atoms with E-state index in [2.05, 4.69) is 14.8 Å². The molecule has 2 aromatic carbocycles. The minimum atomic E-state index is -4.26. The average Bonchev–Trinajstić information content (AvgIpc) is 2.76. The normalized spacial score (nSPS) is 11.1. The van der Waals surface area contributed by atoms with Gasteiger partial charge in [0.25, 0.3) is 0 Å². The van der Waals surface area contributed by atoms with Crippen LogP contribution in [-0.4, -0.2) is 65.4 Å². The van der Waals surface area contributed by atoms with Gasteiger partial charge in [-0.2, -0.15) is 12.7 Å². The monoisotopic (exact) mass is 467 g/mol. The lowest BCUT2D eigenvalue weighted by atomic mass is 10.1. The number of ether oxygens (including phenoxy) is 2. The Hall–Kier alpha value is -3.51. The number of hydrogen-bond acceptors (Lipinski definition) is 7. The zero-order valence-corrected chi connectivity index (χ0v) is 18.6. The van der Waals surface area contributed by atoms with E-state index in [0.717, 1.165) is 24.6 Å². The first-order chi connectivity index (χ1) is 15.0. The highest BCUT2D eigenvalue weighted by molar-refractivity contribution is 7.90. The lowest BCUT2D eigenvalue weighted by molar-refractivity contribution is -0.114. The highest BCUT2D eigenvalue weighted by atomic mass is 32.2. The van der Waals surface area contributed by atoms with Gasteiger partial charge in [-0.25, -0.2) is 18.3 Å². The molecular weight excluding hydrogens is 445 g/mol. The van der Waals surface area contributed by atoms with Crippen LogP contribution in [-0.2, 0) is 24.5 Å². The van der Waals surface area contributed by atoms with Crippen LogP contribution in [0.15, 0.2) is 42.5 Å². The first-order valence-electron chi connectivity index (χ1n) is 9.08.